The van der Waals surface area contributed by atoms with E-state index in [2.05, 4.69) is 0 Å². The van der Waals surface area contributed by atoms with Crippen molar-refractivity contribution in [1.82, 2.24) is 4.90 Å². The minimum absolute atomic E-state index is 0.0511. The number of carbonyl (C=O) groups is 1. The average Bonchev–Trinajstić information content (AvgIpc) is 2.69. The minimum Gasteiger partial charge on any atom is -0.404 e. The Balaban J connectivity index is 2.64. The molecule has 1 saturated heterocycles. The van der Waals surface area contributed by atoms with E-state index in [9.17, 15) is 4.79 Å². The van der Waals surface area contributed by atoms with Crippen LogP contribution in [0.4, 0.5) is 0 Å². The smallest absolute Gasteiger partial charge is 0.352 e. The van der Waals surface area contributed by atoms with Crippen LogP contribution in [0.25, 0.3) is 0 Å². The highest BCUT2D eigenvalue weighted by Crippen LogP contribution is 2.59. The molecule has 0 amide bonds. The van der Waals surface area contributed by atoms with E-state index in [0.29, 0.717) is 0 Å². The molecule has 100 valence electrons. The Bertz CT molecular complexity index is 459. The largest absolute Gasteiger partial charge is 0.404 e. The molecule has 18 heavy (non-hydrogen) atoms. The van der Waals surface area contributed by atoms with Gasteiger partial charge in [0.25, 0.3) is 0 Å². The molecule has 0 aromatic heterocycles. The van der Waals surface area contributed by atoms with E-state index in [1.54, 1.807) is 16.5 Å². The van der Waals surface area contributed by atoms with Crippen LogP contribution in [0.2, 0.25) is 0 Å². The normalized spacial score (nSPS) is 29.6. The van der Waals surface area contributed by atoms with Crippen molar-refractivity contribution in [3.8, 4) is 0 Å². The van der Waals surface area contributed by atoms with E-state index in [4.69, 9.17) is 51.1 Å². The van der Waals surface area contributed by atoms with Gasteiger partial charge in [-0.2, -0.15) is 0 Å². The molecule has 2 aliphatic rings. The Hall–Kier alpha value is 0.260. The van der Waals surface area contributed by atoms with Gasteiger partial charge in [0.1, 0.15) is 4.87 Å². The molecule has 0 saturated carbocycles. The Morgan fingerprint density at radius 1 is 1.44 bits per heavy atom. The standard InChI is InChI=1S/C10H9Cl4NO2S/c1-5(2)10-9(13,14)8(16)17-7(6(11)12)15(10)3-4-18-10/h3-5H,1-2H3. The lowest BCUT2D eigenvalue weighted by atomic mass is 9.96. The van der Waals surface area contributed by atoms with Crippen molar-refractivity contribution in [2.75, 3.05) is 0 Å². The van der Waals surface area contributed by atoms with Crippen LogP contribution in [0, 0.1) is 5.92 Å². The van der Waals surface area contributed by atoms with Crippen molar-refractivity contribution < 1.29 is 9.53 Å². The molecule has 0 aliphatic carbocycles. The number of halogens is 4. The second kappa shape index (κ2) is 4.67. The zero-order valence-corrected chi connectivity index (χ0v) is 13.3. The first-order chi connectivity index (χ1) is 8.25. The Morgan fingerprint density at radius 2 is 2.06 bits per heavy atom. The zero-order chi connectivity index (χ0) is 13.7. The van der Waals surface area contributed by atoms with Gasteiger partial charge in [-0.15, -0.1) is 0 Å². The highest BCUT2D eigenvalue weighted by molar-refractivity contribution is 8.03. The highest BCUT2D eigenvalue weighted by atomic mass is 35.5. The van der Waals surface area contributed by atoms with E-state index >= 15 is 0 Å². The highest BCUT2D eigenvalue weighted by Gasteiger charge is 2.66. The van der Waals surface area contributed by atoms with Crippen LogP contribution in [0.1, 0.15) is 13.8 Å². The predicted octanol–water partition coefficient (Wildman–Crippen LogP) is 4.19. The van der Waals surface area contributed by atoms with Gasteiger partial charge in [-0.05, 0) is 11.3 Å². The lowest BCUT2D eigenvalue weighted by Crippen LogP contribution is -2.64. The van der Waals surface area contributed by atoms with Crippen LogP contribution in [0.5, 0.6) is 0 Å². The van der Waals surface area contributed by atoms with Crippen molar-refractivity contribution in [3.05, 3.63) is 22.0 Å². The molecule has 2 heterocycles. The monoisotopic (exact) mass is 347 g/mol. The quantitative estimate of drug-likeness (QED) is 0.524. The maximum Gasteiger partial charge on any atom is 0.352 e. The SMILES string of the molecule is CC(C)C12SC=CN1C(=C(Cl)Cl)OC(=O)C2(Cl)Cl. The minimum atomic E-state index is -1.72. The molecular weight excluding hydrogens is 340 g/mol. The van der Waals surface area contributed by atoms with Gasteiger partial charge in [-0.1, -0.05) is 72.0 Å². The van der Waals surface area contributed by atoms with Gasteiger partial charge < -0.3 is 4.74 Å². The first-order valence-electron chi connectivity index (χ1n) is 5.04. The number of hydrogen-bond donors (Lipinski definition) is 0. The fourth-order valence-electron chi connectivity index (χ4n) is 2.06. The molecule has 1 unspecified atom stereocenters. The Labute approximate surface area is 129 Å². The van der Waals surface area contributed by atoms with Gasteiger partial charge in [-0.25, -0.2) is 4.79 Å². The van der Waals surface area contributed by atoms with Gasteiger partial charge in [0.05, 0.1) is 0 Å². The molecule has 0 radical (unpaired) electrons. The van der Waals surface area contributed by atoms with E-state index in [1.165, 1.54) is 11.8 Å². The average molecular weight is 349 g/mol. The predicted molar refractivity (Wildman–Crippen MR) is 75.4 cm³/mol. The molecule has 0 bridgehead atoms. The molecule has 2 rings (SSSR count). The third-order valence-corrected chi connectivity index (χ3v) is 5.90. The summed E-state index contributed by atoms with van der Waals surface area (Å²) >= 11 is 25.3. The fraction of sp³-hybridized carbons (Fsp3) is 0.500. The number of thioether (sulfide) groups is 1. The summed E-state index contributed by atoms with van der Waals surface area (Å²) in [6, 6.07) is 0. The summed E-state index contributed by atoms with van der Waals surface area (Å²) in [5.74, 6) is -0.779. The van der Waals surface area contributed by atoms with Crippen LogP contribution in [0.3, 0.4) is 0 Å². The molecule has 0 aromatic carbocycles. The van der Waals surface area contributed by atoms with E-state index in [1.807, 2.05) is 13.8 Å². The van der Waals surface area contributed by atoms with E-state index in [0.717, 1.165) is 0 Å². The van der Waals surface area contributed by atoms with Crippen molar-refractivity contribution in [2.24, 2.45) is 5.92 Å². The third kappa shape index (κ3) is 1.77. The maximum atomic E-state index is 12.0. The second-order valence-corrected chi connectivity index (χ2v) is 7.56. The summed E-state index contributed by atoms with van der Waals surface area (Å²) in [6.45, 7) is 3.82. The van der Waals surface area contributed by atoms with Crippen molar-refractivity contribution in [2.45, 2.75) is 23.1 Å². The summed E-state index contributed by atoms with van der Waals surface area (Å²) < 4.78 is 3.16. The van der Waals surface area contributed by atoms with Gasteiger partial charge in [0.15, 0.2) is 4.49 Å². The van der Waals surface area contributed by atoms with Crippen LogP contribution in [0.15, 0.2) is 22.0 Å². The topological polar surface area (TPSA) is 29.5 Å². The van der Waals surface area contributed by atoms with Gasteiger partial charge >= 0.3 is 5.97 Å². The number of hydrogen-bond acceptors (Lipinski definition) is 4. The number of esters is 1. The zero-order valence-electron chi connectivity index (χ0n) is 9.42. The van der Waals surface area contributed by atoms with Crippen LogP contribution >= 0.6 is 58.2 Å². The number of fused-ring (bicyclic) bond motifs is 1. The molecule has 3 nitrogen and oxygen atoms in total. The molecule has 0 spiro atoms. The summed E-state index contributed by atoms with van der Waals surface area (Å²) in [5.41, 5.74) is 0. The Morgan fingerprint density at radius 3 is 2.56 bits per heavy atom. The van der Waals surface area contributed by atoms with E-state index < -0.39 is 15.2 Å². The maximum absolute atomic E-state index is 12.0. The van der Waals surface area contributed by atoms with Crippen LogP contribution in [-0.4, -0.2) is 20.1 Å². The number of ether oxygens (including phenoxy) is 1. The van der Waals surface area contributed by atoms with Crippen molar-refractivity contribution in [1.29, 1.82) is 0 Å². The molecule has 1 fully saturated rings. The van der Waals surface area contributed by atoms with Crippen LogP contribution in [-0.2, 0) is 9.53 Å². The van der Waals surface area contributed by atoms with Gasteiger partial charge in [-0.3, -0.25) is 4.90 Å². The number of cyclic esters (lactones) is 1. The fourth-order valence-corrected chi connectivity index (χ4v) is 4.43. The van der Waals surface area contributed by atoms with Gasteiger partial charge in [0.2, 0.25) is 10.2 Å². The summed E-state index contributed by atoms with van der Waals surface area (Å²) in [6.07, 6.45) is 1.69. The second-order valence-electron chi connectivity index (χ2n) is 4.15. The molecule has 0 aromatic rings. The first kappa shape index (κ1) is 14.7. The molecule has 1 atom stereocenters. The number of nitrogens with zero attached hydrogens (tertiary/aromatic N) is 1. The summed E-state index contributed by atoms with van der Waals surface area (Å²) in [5, 5.41) is 1.78. The lowest BCUT2D eigenvalue weighted by molar-refractivity contribution is -0.151. The summed E-state index contributed by atoms with van der Waals surface area (Å²) in [4.78, 5) is 12.7. The number of rotatable bonds is 1. The van der Waals surface area contributed by atoms with Crippen molar-refractivity contribution in [3.63, 3.8) is 0 Å². The number of carbonyl (C=O) groups excluding carboxylic acids is 1. The van der Waals surface area contributed by atoms with Gasteiger partial charge in [0, 0.05) is 6.20 Å². The van der Waals surface area contributed by atoms with E-state index in [-0.39, 0.29) is 16.3 Å². The first-order valence-corrected chi connectivity index (χ1v) is 7.43. The number of alkyl halides is 2. The van der Waals surface area contributed by atoms with Crippen molar-refractivity contribution >= 4 is 64.1 Å². The molecule has 8 heteroatoms. The van der Waals surface area contributed by atoms with Crippen LogP contribution < -0.4 is 0 Å². The molecule has 0 N–H and O–H groups in total. The lowest BCUT2D eigenvalue weighted by Gasteiger charge is -2.50. The third-order valence-electron chi connectivity index (χ3n) is 2.87. The summed E-state index contributed by atoms with van der Waals surface area (Å²) in [7, 11) is 0. The molecular formula is C10H9Cl4NO2S. The molecule has 2 aliphatic heterocycles. The Kier molecular flexibility index (Phi) is 3.80.